The first kappa shape index (κ1) is 15.7. The lowest BCUT2D eigenvalue weighted by Gasteiger charge is -2.28. The Morgan fingerprint density at radius 1 is 1.21 bits per heavy atom. The van der Waals surface area contributed by atoms with Crippen molar-refractivity contribution in [3.8, 4) is 0 Å². The lowest BCUT2D eigenvalue weighted by Crippen LogP contribution is -2.22. The van der Waals surface area contributed by atoms with E-state index in [0.29, 0.717) is 5.71 Å². The molecule has 0 amide bonds. The van der Waals surface area contributed by atoms with Gasteiger partial charge in [0.15, 0.2) is 0 Å². The van der Waals surface area contributed by atoms with Crippen molar-refractivity contribution in [2.45, 2.75) is 51.9 Å². The van der Waals surface area contributed by atoms with Crippen molar-refractivity contribution >= 4 is 5.71 Å². The number of oxime groups is 1. The Bertz CT molecular complexity index is 425. The van der Waals surface area contributed by atoms with Crippen LogP contribution in [0.4, 0.5) is 0 Å². The quantitative estimate of drug-likeness (QED) is 0.341. The lowest BCUT2D eigenvalue weighted by molar-refractivity contribution is 0.303. The highest BCUT2D eigenvalue weighted by molar-refractivity contribution is 6.02. The maximum atomic E-state index is 9.29. The zero-order chi connectivity index (χ0) is 14.3. The molecule has 2 N–H and O–H groups in total. The number of nitrogens with zero attached hydrogens (tertiary/aromatic N) is 1. The van der Waals surface area contributed by atoms with Gasteiger partial charge in [0.1, 0.15) is 5.71 Å². The molecule has 0 aromatic heterocycles. The third-order valence-corrected chi connectivity index (χ3v) is 3.64. The van der Waals surface area contributed by atoms with Crippen molar-refractivity contribution in [1.29, 1.82) is 0 Å². The fraction of sp³-hybridized carbons (Fsp3) is 0.562. The Labute approximate surface area is 116 Å². The SMILES string of the molecule is CCCCCC(C)(C)c1ccccc1/C(CO)=N/O. The highest BCUT2D eigenvalue weighted by atomic mass is 16.4. The van der Waals surface area contributed by atoms with E-state index in [2.05, 4.69) is 32.0 Å². The first-order chi connectivity index (χ1) is 9.06. The molecule has 0 aliphatic rings. The van der Waals surface area contributed by atoms with Gasteiger partial charge in [0.2, 0.25) is 0 Å². The zero-order valence-corrected chi connectivity index (χ0v) is 12.2. The van der Waals surface area contributed by atoms with E-state index in [-0.39, 0.29) is 12.0 Å². The summed E-state index contributed by atoms with van der Waals surface area (Å²) in [5.41, 5.74) is 2.32. The normalized spacial score (nSPS) is 12.7. The second-order valence-electron chi connectivity index (χ2n) is 5.59. The molecule has 0 saturated carbocycles. The molecule has 0 unspecified atom stereocenters. The zero-order valence-electron chi connectivity index (χ0n) is 12.2. The molecule has 3 nitrogen and oxygen atoms in total. The summed E-state index contributed by atoms with van der Waals surface area (Å²) in [6.07, 6.45) is 4.70. The van der Waals surface area contributed by atoms with Crippen LogP contribution >= 0.6 is 0 Å². The van der Waals surface area contributed by atoms with E-state index in [9.17, 15) is 5.11 Å². The van der Waals surface area contributed by atoms with Gasteiger partial charge in [-0.05, 0) is 17.4 Å². The summed E-state index contributed by atoms with van der Waals surface area (Å²) >= 11 is 0. The van der Waals surface area contributed by atoms with Crippen LogP contribution in [0.2, 0.25) is 0 Å². The number of benzene rings is 1. The lowest BCUT2D eigenvalue weighted by atomic mass is 9.77. The van der Waals surface area contributed by atoms with Gasteiger partial charge in [0, 0.05) is 5.56 Å². The predicted molar refractivity (Wildman–Crippen MR) is 79.0 cm³/mol. The largest absolute Gasteiger partial charge is 0.411 e. The van der Waals surface area contributed by atoms with Crippen molar-refractivity contribution in [3.63, 3.8) is 0 Å². The Morgan fingerprint density at radius 3 is 2.47 bits per heavy atom. The first-order valence-electron chi connectivity index (χ1n) is 6.98. The minimum Gasteiger partial charge on any atom is -0.411 e. The highest BCUT2D eigenvalue weighted by Crippen LogP contribution is 2.32. The minimum absolute atomic E-state index is 0.0108. The molecule has 0 fully saturated rings. The first-order valence-corrected chi connectivity index (χ1v) is 6.98. The average molecular weight is 263 g/mol. The predicted octanol–water partition coefficient (Wildman–Crippen LogP) is 3.72. The van der Waals surface area contributed by atoms with Crippen molar-refractivity contribution in [1.82, 2.24) is 0 Å². The van der Waals surface area contributed by atoms with Crippen LogP contribution in [0.25, 0.3) is 0 Å². The van der Waals surface area contributed by atoms with Crippen LogP contribution in [0.1, 0.15) is 57.6 Å². The summed E-state index contributed by atoms with van der Waals surface area (Å²) in [5.74, 6) is 0. The van der Waals surface area contributed by atoms with Gasteiger partial charge >= 0.3 is 0 Å². The molecule has 1 aromatic carbocycles. The van der Waals surface area contributed by atoms with Crippen molar-refractivity contribution in [3.05, 3.63) is 35.4 Å². The van der Waals surface area contributed by atoms with Crippen molar-refractivity contribution in [2.24, 2.45) is 5.16 Å². The summed E-state index contributed by atoms with van der Waals surface area (Å²) in [6, 6.07) is 7.86. The van der Waals surface area contributed by atoms with Crippen LogP contribution in [0.3, 0.4) is 0 Å². The van der Waals surface area contributed by atoms with E-state index in [4.69, 9.17) is 5.21 Å². The van der Waals surface area contributed by atoms with Gasteiger partial charge in [-0.3, -0.25) is 0 Å². The van der Waals surface area contributed by atoms with E-state index >= 15 is 0 Å². The molecule has 0 saturated heterocycles. The number of unbranched alkanes of at least 4 members (excludes halogenated alkanes) is 2. The monoisotopic (exact) mass is 263 g/mol. The second kappa shape index (κ2) is 7.29. The van der Waals surface area contributed by atoms with Gasteiger partial charge < -0.3 is 10.3 Å². The van der Waals surface area contributed by atoms with E-state index in [0.717, 1.165) is 17.5 Å². The third-order valence-electron chi connectivity index (χ3n) is 3.64. The Morgan fingerprint density at radius 2 is 1.89 bits per heavy atom. The Hall–Kier alpha value is -1.35. The molecule has 0 aliphatic carbocycles. The molecule has 19 heavy (non-hydrogen) atoms. The van der Waals surface area contributed by atoms with E-state index in [1.807, 2.05) is 18.2 Å². The fourth-order valence-corrected chi connectivity index (χ4v) is 2.45. The molecule has 1 aromatic rings. The van der Waals surface area contributed by atoms with Crippen LogP contribution in [0, 0.1) is 0 Å². The highest BCUT2D eigenvalue weighted by Gasteiger charge is 2.24. The number of aliphatic hydroxyl groups excluding tert-OH is 1. The summed E-state index contributed by atoms with van der Waals surface area (Å²) in [5, 5.41) is 21.5. The molecular weight excluding hydrogens is 238 g/mol. The number of aliphatic hydroxyl groups is 1. The minimum atomic E-state index is -0.251. The van der Waals surface area contributed by atoms with Gasteiger partial charge in [-0.15, -0.1) is 0 Å². The summed E-state index contributed by atoms with van der Waals surface area (Å²) in [6.45, 7) is 6.35. The van der Waals surface area contributed by atoms with Gasteiger partial charge in [0.05, 0.1) is 6.61 Å². The molecule has 106 valence electrons. The Balaban J connectivity index is 3.05. The average Bonchev–Trinajstić information content (AvgIpc) is 2.41. The smallest absolute Gasteiger partial charge is 0.112 e. The van der Waals surface area contributed by atoms with Crippen LogP contribution in [0.15, 0.2) is 29.4 Å². The maximum absolute atomic E-state index is 9.29. The molecular formula is C16H25NO2. The van der Waals surface area contributed by atoms with Gasteiger partial charge in [-0.2, -0.15) is 0 Å². The second-order valence-corrected chi connectivity index (χ2v) is 5.59. The summed E-state index contributed by atoms with van der Waals surface area (Å²) in [7, 11) is 0. The standard InChI is InChI=1S/C16H25NO2/c1-4-5-8-11-16(2,3)14-10-7-6-9-13(14)15(12-18)17-19/h6-7,9-10,18-19H,4-5,8,11-12H2,1-3H3/b17-15+. The van der Waals surface area contributed by atoms with Crippen LogP contribution < -0.4 is 0 Å². The maximum Gasteiger partial charge on any atom is 0.112 e. The van der Waals surface area contributed by atoms with Gasteiger partial charge in [-0.1, -0.05) is 69.5 Å². The molecule has 0 spiro atoms. The van der Waals surface area contributed by atoms with E-state index in [1.54, 1.807) is 0 Å². The van der Waals surface area contributed by atoms with Crippen molar-refractivity contribution in [2.75, 3.05) is 6.61 Å². The van der Waals surface area contributed by atoms with Crippen LogP contribution in [-0.2, 0) is 5.41 Å². The molecule has 0 bridgehead atoms. The van der Waals surface area contributed by atoms with E-state index in [1.165, 1.54) is 19.3 Å². The topological polar surface area (TPSA) is 52.8 Å². The van der Waals surface area contributed by atoms with Gasteiger partial charge in [0.25, 0.3) is 0 Å². The number of rotatable bonds is 7. The molecule has 1 rings (SSSR count). The number of hydrogen-bond donors (Lipinski definition) is 2. The Kier molecular flexibility index (Phi) is 6.03. The van der Waals surface area contributed by atoms with Crippen molar-refractivity contribution < 1.29 is 10.3 Å². The summed E-state index contributed by atoms with van der Waals surface area (Å²) in [4.78, 5) is 0. The fourth-order valence-electron chi connectivity index (χ4n) is 2.45. The van der Waals surface area contributed by atoms with E-state index < -0.39 is 0 Å². The molecule has 0 aliphatic heterocycles. The molecule has 0 radical (unpaired) electrons. The molecule has 3 heteroatoms. The molecule has 0 heterocycles. The number of hydrogen-bond acceptors (Lipinski definition) is 3. The third kappa shape index (κ3) is 4.06. The van der Waals surface area contributed by atoms with Gasteiger partial charge in [-0.25, -0.2) is 0 Å². The van der Waals surface area contributed by atoms with Crippen LogP contribution in [-0.4, -0.2) is 22.6 Å². The van der Waals surface area contributed by atoms with Crippen LogP contribution in [0.5, 0.6) is 0 Å². The summed E-state index contributed by atoms with van der Waals surface area (Å²) < 4.78 is 0. The molecule has 0 atom stereocenters.